The molecule has 6 heteroatoms. The molecule has 0 saturated carbocycles. The molecule has 0 bridgehead atoms. The van der Waals surface area contributed by atoms with Crippen LogP contribution in [-0.2, 0) is 11.3 Å². The largest absolute Gasteiger partial charge is 0.493 e. The Bertz CT molecular complexity index is 381. The van der Waals surface area contributed by atoms with Crippen LogP contribution in [0.3, 0.4) is 0 Å². The third-order valence-corrected chi connectivity index (χ3v) is 2.85. The van der Waals surface area contributed by atoms with Gasteiger partial charge in [0.2, 0.25) is 0 Å². The summed E-state index contributed by atoms with van der Waals surface area (Å²) in [6.45, 7) is 3.89. The summed E-state index contributed by atoms with van der Waals surface area (Å²) < 4.78 is 15.9. The van der Waals surface area contributed by atoms with E-state index in [1.54, 1.807) is 26.5 Å². The molecule has 1 fully saturated rings. The molecule has 1 aromatic rings. The second kappa shape index (κ2) is 6.53. The summed E-state index contributed by atoms with van der Waals surface area (Å²) in [5, 5.41) is 2.13. The molecule has 0 unspecified atom stereocenters. The molecule has 0 amide bonds. The Morgan fingerprint density at radius 1 is 1.33 bits per heavy atom. The molecule has 6 nitrogen and oxygen atoms in total. The zero-order valence-electron chi connectivity index (χ0n) is 10.8. The summed E-state index contributed by atoms with van der Waals surface area (Å²) in [4.78, 5) is 4.32. The van der Waals surface area contributed by atoms with Gasteiger partial charge in [-0.05, 0) is 0 Å². The third-order valence-electron chi connectivity index (χ3n) is 2.85. The highest BCUT2D eigenvalue weighted by Crippen LogP contribution is 2.28. The second-order valence-electron chi connectivity index (χ2n) is 3.93. The van der Waals surface area contributed by atoms with E-state index >= 15 is 0 Å². The van der Waals surface area contributed by atoms with Crippen LogP contribution >= 0.6 is 0 Å². The molecular weight excluding hydrogens is 234 g/mol. The van der Waals surface area contributed by atoms with E-state index in [2.05, 4.69) is 15.4 Å². The van der Waals surface area contributed by atoms with E-state index in [0.717, 1.165) is 32.0 Å². The molecule has 0 aromatic carbocycles. The van der Waals surface area contributed by atoms with E-state index in [1.165, 1.54) is 0 Å². The van der Waals surface area contributed by atoms with E-state index in [4.69, 9.17) is 14.2 Å². The smallest absolute Gasteiger partial charge is 0.183 e. The Labute approximate surface area is 107 Å². The third kappa shape index (κ3) is 3.10. The first-order valence-corrected chi connectivity index (χ1v) is 5.97. The molecule has 1 saturated heterocycles. The molecule has 2 heterocycles. The van der Waals surface area contributed by atoms with Crippen LogP contribution in [0.4, 0.5) is 0 Å². The van der Waals surface area contributed by atoms with Crippen molar-refractivity contribution in [2.45, 2.75) is 6.54 Å². The van der Waals surface area contributed by atoms with Crippen molar-refractivity contribution in [2.24, 2.45) is 0 Å². The van der Waals surface area contributed by atoms with Crippen molar-refractivity contribution in [3.63, 3.8) is 0 Å². The maximum absolute atomic E-state index is 5.34. The zero-order chi connectivity index (χ0) is 12.8. The van der Waals surface area contributed by atoms with Gasteiger partial charge in [-0.15, -0.1) is 0 Å². The van der Waals surface area contributed by atoms with E-state index in [0.29, 0.717) is 18.0 Å². The fourth-order valence-corrected chi connectivity index (χ4v) is 1.88. The van der Waals surface area contributed by atoms with Crippen molar-refractivity contribution in [3.05, 3.63) is 18.0 Å². The Hall–Kier alpha value is -1.37. The van der Waals surface area contributed by atoms with Gasteiger partial charge < -0.3 is 14.2 Å². The Morgan fingerprint density at radius 3 is 2.78 bits per heavy atom. The van der Waals surface area contributed by atoms with Crippen LogP contribution in [0.2, 0.25) is 0 Å². The molecule has 1 aromatic heterocycles. The van der Waals surface area contributed by atoms with E-state index in [-0.39, 0.29) is 0 Å². The predicted molar refractivity (Wildman–Crippen MR) is 66.6 cm³/mol. The second-order valence-corrected chi connectivity index (χ2v) is 3.93. The molecule has 100 valence electrons. The minimum Gasteiger partial charge on any atom is -0.493 e. The van der Waals surface area contributed by atoms with Crippen LogP contribution in [0.5, 0.6) is 11.5 Å². The van der Waals surface area contributed by atoms with E-state index < -0.39 is 0 Å². The molecular formula is C12H19N3O3. The van der Waals surface area contributed by atoms with Crippen molar-refractivity contribution in [2.75, 3.05) is 40.5 Å². The highest BCUT2D eigenvalue weighted by atomic mass is 16.5. The van der Waals surface area contributed by atoms with Gasteiger partial charge in [0.05, 0.1) is 34.0 Å². The number of ether oxygens (including phenoxy) is 3. The minimum atomic E-state index is 0.611. The maximum atomic E-state index is 5.34. The number of hydrogen-bond donors (Lipinski definition) is 1. The monoisotopic (exact) mass is 253 g/mol. The van der Waals surface area contributed by atoms with Crippen LogP contribution in [0, 0.1) is 0 Å². The molecule has 1 N–H and O–H groups in total. The first-order valence-electron chi connectivity index (χ1n) is 5.97. The van der Waals surface area contributed by atoms with Crippen molar-refractivity contribution in [1.29, 1.82) is 0 Å². The van der Waals surface area contributed by atoms with E-state index in [1.807, 2.05) is 0 Å². The average molecular weight is 253 g/mol. The fourth-order valence-electron chi connectivity index (χ4n) is 1.88. The van der Waals surface area contributed by atoms with Gasteiger partial charge in [0.15, 0.2) is 11.5 Å². The molecule has 18 heavy (non-hydrogen) atoms. The first kappa shape index (κ1) is 13.1. The number of hydrazine groups is 1. The summed E-state index contributed by atoms with van der Waals surface area (Å²) in [5.74, 6) is 1.38. The van der Waals surface area contributed by atoms with Gasteiger partial charge in [-0.3, -0.25) is 4.98 Å². The van der Waals surface area contributed by atoms with Crippen LogP contribution in [0.25, 0.3) is 0 Å². The van der Waals surface area contributed by atoms with Crippen LogP contribution in [-0.4, -0.2) is 50.5 Å². The van der Waals surface area contributed by atoms with Gasteiger partial charge >= 0.3 is 0 Å². The summed E-state index contributed by atoms with van der Waals surface area (Å²) >= 11 is 0. The summed E-state index contributed by atoms with van der Waals surface area (Å²) in [6, 6.07) is 1.79. The van der Waals surface area contributed by atoms with Crippen molar-refractivity contribution in [3.8, 4) is 11.5 Å². The average Bonchev–Trinajstić information content (AvgIpc) is 2.45. The normalized spacial score (nSPS) is 16.6. The number of morpholine rings is 1. The molecule has 0 aliphatic carbocycles. The highest BCUT2D eigenvalue weighted by molar-refractivity contribution is 5.42. The lowest BCUT2D eigenvalue weighted by Gasteiger charge is -2.27. The number of pyridine rings is 1. The number of aromatic nitrogens is 1. The molecule has 0 spiro atoms. The topological polar surface area (TPSA) is 55.9 Å². The molecule has 0 radical (unpaired) electrons. The number of rotatable bonds is 5. The SMILES string of the molecule is COc1ccnc(CNN2CCOCC2)c1OC. The molecule has 1 aliphatic rings. The fraction of sp³-hybridized carbons (Fsp3) is 0.583. The van der Waals surface area contributed by atoms with Crippen LogP contribution in [0.1, 0.15) is 5.69 Å². The predicted octanol–water partition coefficient (Wildman–Crippen LogP) is 0.436. The Morgan fingerprint density at radius 2 is 2.11 bits per heavy atom. The number of nitrogens with one attached hydrogen (secondary N) is 1. The van der Waals surface area contributed by atoms with Gasteiger partial charge in [0.25, 0.3) is 0 Å². The number of nitrogens with zero attached hydrogens (tertiary/aromatic N) is 2. The zero-order valence-corrected chi connectivity index (χ0v) is 10.8. The lowest BCUT2D eigenvalue weighted by atomic mass is 10.3. The lowest BCUT2D eigenvalue weighted by Crippen LogP contribution is -2.45. The quantitative estimate of drug-likeness (QED) is 0.821. The van der Waals surface area contributed by atoms with Crippen molar-refractivity contribution in [1.82, 2.24) is 15.4 Å². The molecule has 2 rings (SSSR count). The summed E-state index contributed by atoms with van der Waals surface area (Å²) in [6.07, 6.45) is 1.72. The Kier molecular flexibility index (Phi) is 4.74. The van der Waals surface area contributed by atoms with Crippen LogP contribution in [0.15, 0.2) is 12.3 Å². The van der Waals surface area contributed by atoms with Crippen molar-refractivity contribution >= 4 is 0 Å². The summed E-state index contributed by atoms with van der Waals surface area (Å²) in [7, 11) is 3.24. The van der Waals surface area contributed by atoms with Gasteiger partial charge in [0, 0.05) is 25.4 Å². The lowest BCUT2D eigenvalue weighted by molar-refractivity contribution is 0.0102. The van der Waals surface area contributed by atoms with Crippen molar-refractivity contribution < 1.29 is 14.2 Å². The Balaban J connectivity index is 1.99. The highest BCUT2D eigenvalue weighted by Gasteiger charge is 2.14. The number of methoxy groups -OCH3 is 2. The summed E-state index contributed by atoms with van der Waals surface area (Å²) in [5.41, 5.74) is 4.16. The maximum Gasteiger partial charge on any atom is 0.183 e. The standard InChI is InChI=1S/C12H19N3O3/c1-16-11-3-4-13-10(12(11)17-2)9-14-15-5-7-18-8-6-15/h3-4,14H,5-9H2,1-2H3. The van der Waals surface area contributed by atoms with Crippen LogP contribution < -0.4 is 14.9 Å². The minimum absolute atomic E-state index is 0.611. The molecule has 1 aliphatic heterocycles. The van der Waals surface area contributed by atoms with E-state index in [9.17, 15) is 0 Å². The van der Waals surface area contributed by atoms with Gasteiger partial charge in [-0.1, -0.05) is 0 Å². The van der Waals surface area contributed by atoms with Gasteiger partial charge in [0.1, 0.15) is 5.69 Å². The van der Waals surface area contributed by atoms with Gasteiger partial charge in [-0.2, -0.15) is 0 Å². The number of hydrogen-bond acceptors (Lipinski definition) is 6. The first-order chi connectivity index (χ1) is 8.85. The van der Waals surface area contributed by atoms with Gasteiger partial charge in [-0.25, -0.2) is 10.4 Å². The molecule has 0 atom stereocenters.